The first-order valence-electron chi connectivity index (χ1n) is 10.4. The van der Waals surface area contributed by atoms with Crippen LogP contribution in [0.2, 0.25) is 0 Å². The molecule has 0 saturated carbocycles. The average molecular weight is 460 g/mol. The number of aromatic nitrogens is 2. The lowest BCUT2D eigenvalue weighted by Crippen LogP contribution is -2.19. The summed E-state index contributed by atoms with van der Waals surface area (Å²) in [5, 5.41) is 6.44. The van der Waals surface area contributed by atoms with E-state index in [1.54, 1.807) is 45.6 Å². The van der Waals surface area contributed by atoms with E-state index in [4.69, 9.17) is 14.2 Å². The van der Waals surface area contributed by atoms with Crippen molar-refractivity contribution in [2.24, 2.45) is 0 Å². The molecule has 0 unspecified atom stereocenters. The maximum Gasteiger partial charge on any atom is 0.323 e. The predicted octanol–water partition coefficient (Wildman–Crippen LogP) is 5.07. The van der Waals surface area contributed by atoms with Crippen LogP contribution in [0.5, 0.6) is 17.2 Å². The van der Waals surface area contributed by atoms with Crippen molar-refractivity contribution in [2.45, 2.75) is 0 Å². The van der Waals surface area contributed by atoms with Crippen LogP contribution in [-0.4, -0.2) is 44.4 Å². The summed E-state index contributed by atoms with van der Waals surface area (Å²) >= 11 is 0. The van der Waals surface area contributed by atoms with E-state index in [-0.39, 0.29) is 6.03 Å². The van der Waals surface area contributed by atoms with Crippen LogP contribution >= 0.6 is 0 Å². The van der Waals surface area contributed by atoms with Gasteiger partial charge >= 0.3 is 6.03 Å². The zero-order chi connectivity index (χ0) is 24.1. The van der Waals surface area contributed by atoms with E-state index < -0.39 is 0 Å². The number of urea groups is 1. The minimum Gasteiger partial charge on any atom is -0.497 e. The lowest BCUT2D eigenvalue weighted by molar-refractivity contribution is 0.262. The summed E-state index contributed by atoms with van der Waals surface area (Å²) in [6, 6.07) is 17.9. The van der Waals surface area contributed by atoms with Crippen molar-refractivity contribution in [3.05, 3.63) is 67.0 Å². The van der Waals surface area contributed by atoms with Gasteiger partial charge in [-0.2, -0.15) is 0 Å². The summed E-state index contributed by atoms with van der Waals surface area (Å²) in [5.41, 5.74) is 2.94. The number of rotatable bonds is 7. The molecule has 3 aromatic carbocycles. The molecule has 0 aliphatic heterocycles. The van der Waals surface area contributed by atoms with Crippen LogP contribution in [-0.2, 0) is 0 Å². The van der Waals surface area contributed by atoms with Crippen molar-refractivity contribution >= 4 is 39.8 Å². The van der Waals surface area contributed by atoms with Crippen LogP contribution in [0, 0.1) is 0 Å². The van der Waals surface area contributed by atoms with E-state index in [0.717, 1.165) is 22.3 Å². The Morgan fingerprint density at radius 3 is 1.97 bits per heavy atom. The molecule has 0 radical (unpaired) electrons. The standard InChI is InChI=1S/C25H25N5O4/c1-30(24-20-13-22(33-3)23(34-4)14-21(20)26-15-27-24)18-9-5-16(6-10-18)28-25(31)29-17-7-11-19(32-2)12-8-17/h5-15H,1-4H3,(H2,28,29,31). The maximum absolute atomic E-state index is 12.3. The Labute approximate surface area is 197 Å². The first kappa shape index (κ1) is 22.7. The van der Waals surface area contributed by atoms with Gasteiger partial charge < -0.3 is 29.7 Å². The van der Waals surface area contributed by atoms with Gasteiger partial charge in [0.05, 0.1) is 26.8 Å². The molecular weight excluding hydrogens is 434 g/mol. The fourth-order valence-electron chi connectivity index (χ4n) is 3.50. The third kappa shape index (κ3) is 4.78. The highest BCUT2D eigenvalue weighted by molar-refractivity contribution is 6.00. The third-order valence-corrected chi connectivity index (χ3v) is 5.30. The minimum absolute atomic E-state index is 0.339. The zero-order valence-electron chi connectivity index (χ0n) is 19.3. The minimum atomic E-state index is -0.339. The number of amides is 2. The summed E-state index contributed by atoms with van der Waals surface area (Å²) in [6.07, 6.45) is 1.51. The molecule has 0 atom stereocenters. The Morgan fingerprint density at radius 1 is 0.794 bits per heavy atom. The second-order valence-corrected chi connectivity index (χ2v) is 7.34. The number of benzene rings is 3. The van der Waals surface area contributed by atoms with Gasteiger partial charge in [-0.3, -0.25) is 0 Å². The summed E-state index contributed by atoms with van der Waals surface area (Å²) in [7, 11) is 6.69. The molecule has 174 valence electrons. The molecule has 4 aromatic rings. The number of nitrogens with one attached hydrogen (secondary N) is 2. The van der Waals surface area contributed by atoms with Crippen LogP contribution in [0.4, 0.5) is 27.7 Å². The highest BCUT2D eigenvalue weighted by Gasteiger charge is 2.15. The highest BCUT2D eigenvalue weighted by Crippen LogP contribution is 2.36. The normalized spacial score (nSPS) is 10.5. The SMILES string of the molecule is COc1ccc(NC(=O)Nc2ccc(N(C)c3ncnc4cc(OC)c(OC)cc34)cc2)cc1. The van der Waals surface area contributed by atoms with Crippen LogP contribution in [0.25, 0.3) is 10.9 Å². The van der Waals surface area contributed by atoms with Crippen molar-refractivity contribution in [1.82, 2.24) is 9.97 Å². The molecule has 0 bridgehead atoms. The van der Waals surface area contributed by atoms with Gasteiger partial charge in [0.15, 0.2) is 11.5 Å². The average Bonchev–Trinajstić information content (AvgIpc) is 2.87. The maximum atomic E-state index is 12.3. The molecular formula is C25H25N5O4. The van der Waals surface area contributed by atoms with Gasteiger partial charge in [0.25, 0.3) is 0 Å². The highest BCUT2D eigenvalue weighted by atomic mass is 16.5. The van der Waals surface area contributed by atoms with Crippen LogP contribution in [0.1, 0.15) is 0 Å². The fraction of sp³-hybridized carbons (Fsp3) is 0.160. The van der Waals surface area contributed by atoms with E-state index in [2.05, 4.69) is 20.6 Å². The van der Waals surface area contributed by atoms with Gasteiger partial charge in [-0.25, -0.2) is 14.8 Å². The van der Waals surface area contributed by atoms with E-state index in [1.807, 2.05) is 48.3 Å². The number of anilines is 4. The number of fused-ring (bicyclic) bond motifs is 1. The molecule has 4 rings (SSSR count). The van der Waals surface area contributed by atoms with E-state index in [9.17, 15) is 4.79 Å². The largest absolute Gasteiger partial charge is 0.497 e. The number of methoxy groups -OCH3 is 3. The molecule has 0 aliphatic carbocycles. The predicted molar refractivity (Wildman–Crippen MR) is 133 cm³/mol. The van der Waals surface area contributed by atoms with Crippen molar-refractivity contribution in [1.29, 1.82) is 0 Å². The molecule has 0 spiro atoms. The number of hydrogen-bond acceptors (Lipinski definition) is 7. The fourth-order valence-corrected chi connectivity index (χ4v) is 3.50. The Kier molecular flexibility index (Phi) is 6.63. The van der Waals surface area contributed by atoms with Gasteiger partial charge in [-0.05, 0) is 54.6 Å². The van der Waals surface area contributed by atoms with Gasteiger partial charge in [0, 0.05) is 35.6 Å². The molecule has 2 N–H and O–H groups in total. The monoisotopic (exact) mass is 459 g/mol. The topological polar surface area (TPSA) is 97.8 Å². The van der Waals surface area contributed by atoms with Gasteiger partial charge in [0.1, 0.15) is 17.9 Å². The quantitative estimate of drug-likeness (QED) is 0.398. The molecule has 2 amide bonds. The number of nitrogens with zero attached hydrogens (tertiary/aromatic N) is 3. The molecule has 0 aliphatic rings. The summed E-state index contributed by atoms with van der Waals surface area (Å²) < 4.78 is 15.9. The van der Waals surface area contributed by atoms with Gasteiger partial charge in [-0.15, -0.1) is 0 Å². The molecule has 9 nitrogen and oxygen atoms in total. The van der Waals surface area contributed by atoms with E-state index in [1.165, 1.54) is 6.33 Å². The summed E-state index contributed by atoms with van der Waals surface area (Å²) in [6.45, 7) is 0. The second kappa shape index (κ2) is 9.95. The number of carbonyl (C=O) groups excluding carboxylic acids is 1. The van der Waals surface area contributed by atoms with Crippen LogP contribution in [0.15, 0.2) is 67.0 Å². The lowest BCUT2D eigenvalue weighted by Gasteiger charge is -2.21. The number of carbonyl (C=O) groups is 1. The van der Waals surface area contributed by atoms with Crippen molar-refractivity contribution in [3.8, 4) is 17.2 Å². The van der Waals surface area contributed by atoms with Crippen molar-refractivity contribution in [2.75, 3.05) is 43.9 Å². The van der Waals surface area contributed by atoms with Crippen LogP contribution < -0.4 is 29.7 Å². The Balaban J connectivity index is 1.50. The first-order valence-corrected chi connectivity index (χ1v) is 10.4. The second-order valence-electron chi connectivity index (χ2n) is 7.34. The van der Waals surface area contributed by atoms with Crippen molar-refractivity contribution < 1.29 is 19.0 Å². The lowest BCUT2D eigenvalue weighted by atomic mass is 10.2. The van der Waals surface area contributed by atoms with E-state index >= 15 is 0 Å². The molecule has 0 fully saturated rings. The third-order valence-electron chi connectivity index (χ3n) is 5.30. The Bertz CT molecular complexity index is 1290. The molecule has 1 aromatic heterocycles. The zero-order valence-corrected chi connectivity index (χ0v) is 19.3. The van der Waals surface area contributed by atoms with Crippen molar-refractivity contribution in [3.63, 3.8) is 0 Å². The van der Waals surface area contributed by atoms with Gasteiger partial charge in [0.2, 0.25) is 0 Å². The summed E-state index contributed by atoms with van der Waals surface area (Å²) in [5.74, 6) is 2.64. The molecule has 9 heteroatoms. The number of hydrogen-bond donors (Lipinski definition) is 2. The smallest absolute Gasteiger partial charge is 0.323 e. The molecule has 34 heavy (non-hydrogen) atoms. The Morgan fingerprint density at radius 2 is 1.38 bits per heavy atom. The van der Waals surface area contributed by atoms with Crippen LogP contribution in [0.3, 0.4) is 0 Å². The van der Waals surface area contributed by atoms with E-state index in [0.29, 0.717) is 28.7 Å². The first-order chi connectivity index (χ1) is 16.5. The molecule has 0 saturated heterocycles. The Hall–Kier alpha value is -4.53. The molecule has 1 heterocycles. The summed E-state index contributed by atoms with van der Waals surface area (Å²) in [4.78, 5) is 23.1. The number of ether oxygens (including phenoxy) is 3. The van der Waals surface area contributed by atoms with Gasteiger partial charge in [-0.1, -0.05) is 0 Å².